The maximum atomic E-state index is 12.3. The maximum absolute atomic E-state index is 12.3. The number of phenols is 1. The molecule has 0 aliphatic carbocycles. The number of hydrogen-bond acceptors (Lipinski definition) is 4. The molecular formula is C17H22ClN3O3. The van der Waals surface area contributed by atoms with Crippen LogP contribution < -0.4 is 5.32 Å². The van der Waals surface area contributed by atoms with Crippen molar-refractivity contribution in [1.29, 1.82) is 0 Å². The lowest BCUT2D eigenvalue weighted by Gasteiger charge is -2.34. The lowest BCUT2D eigenvalue weighted by atomic mass is 10.1. The lowest BCUT2D eigenvalue weighted by molar-refractivity contribution is -0.135. The van der Waals surface area contributed by atoms with Gasteiger partial charge in [-0.05, 0) is 24.1 Å². The van der Waals surface area contributed by atoms with E-state index in [1.165, 1.54) is 12.1 Å². The van der Waals surface area contributed by atoms with Crippen LogP contribution in [0.25, 0.3) is 0 Å². The number of phenolic OH excluding ortho intramolecular Hbond substituents is 1. The van der Waals surface area contributed by atoms with Crippen molar-refractivity contribution in [3.8, 4) is 5.75 Å². The summed E-state index contributed by atoms with van der Waals surface area (Å²) in [5, 5.41) is 13.4. The number of hydrogen-bond donors (Lipinski definition) is 2. The van der Waals surface area contributed by atoms with Gasteiger partial charge >= 0.3 is 0 Å². The van der Waals surface area contributed by atoms with Gasteiger partial charge in [-0.3, -0.25) is 9.59 Å². The Morgan fingerprint density at radius 1 is 1.29 bits per heavy atom. The van der Waals surface area contributed by atoms with Crippen molar-refractivity contribution in [2.75, 3.05) is 38.0 Å². The molecule has 2 amide bonds. The summed E-state index contributed by atoms with van der Waals surface area (Å²) in [6.07, 6.45) is 2.02. The predicted octanol–water partition coefficient (Wildman–Crippen LogP) is 1.88. The summed E-state index contributed by atoms with van der Waals surface area (Å²) < 4.78 is 0. The first kappa shape index (κ1) is 18.1. The number of piperazine rings is 1. The van der Waals surface area contributed by atoms with Gasteiger partial charge < -0.3 is 20.2 Å². The van der Waals surface area contributed by atoms with E-state index in [2.05, 4.69) is 11.9 Å². The zero-order chi connectivity index (χ0) is 17.7. The Bertz CT molecular complexity index is 640. The number of carbonyl (C=O) groups excluding carboxylic acids is 2. The zero-order valence-electron chi connectivity index (χ0n) is 13.7. The second-order valence-electron chi connectivity index (χ2n) is 5.58. The third kappa shape index (κ3) is 4.20. The molecule has 0 radical (unpaired) electrons. The Labute approximate surface area is 146 Å². The highest BCUT2D eigenvalue weighted by Crippen LogP contribution is 2.30. The molecule has 0 aromatic heterocycles. The molecule has 2 rings (SSSR count). The monoisotopic (exact) mass is 351 g/mol. The Kier molecular flexibility index (Phi) is 6.09. The van der Waals surface area contributed by atoms with Crippen molar-refractivity contribution in [2.45, 2.75) is 13.3 Å². The smallest absolute Gasteiger partial charge is 0.246 e. The van der Waals surface area contributed by atoms with E-state index in [9.17, 15) is 14.7 Å². The summed E-state index contributed by atoms with van der Waals surface area (Å²) in [6.45, 7) is 7.50. The molecule has 0 atom stereocenters. The van der Waals surface area contributed by atoms with E-state index in [0.717, 1.165) is 12.0 Å². The molecule has 1 aromatic carbocycles. The summed E-state index contributed by atoms with van der Waals surface area (Å²) >= 11 is 6.04. The van der Waals surface area contributed by atoms with Crippen LogP contribution in [0.2, 0.25) is 5.02 Å². The second-order valence-corrected chi connectivity index (χ2v) is 5.99. The lowest BCUT2D eigenvalue weighted by Crippen LogP contribution is -2.51. The molecule has 1 heterocycles. The van der Waals surface area contributed by atoms with Crippen LogP contribution in [-0.2, 0) is 16.0 Å². The van der Waals surface area contributed by atoms with Crippen molar-refractivity contribution in [1.82, 2.24) is 9.80 Å². The molecule has 2 N–H and O–H groups in total. The fraction of sp³-hybridized carbons (Fsp3) is 0.412. The maximum Gasteiger partial charge on any atom is 0.246 e. The van der Waals surface area contributed by atoms with E-state index >= 15 is 0 Å². The summed E-state index contributed by atoms with van der Waals surface area (Å²) in [4.78, 5) is 27.2. The average molecular weight is 352 g/mol. The SMILES string of the molecule is C=CC(=O)N1CCN(C(=O)CNc2cc(CC)c(Cl)cc2O)CC1. The van der Waals surface area contributed by atoms with Gasteiger partial charge in [-0.25, -0.2) is 0 Å². The van der Waals surface area contributed by atoms with Gasteiger partial charge in [-0.15, -0.1) is 0 Å². The molecule has 6 nitrogen and oxygen atoms in total. The number of aryl methyl sites for hydroxylation is 1. The van der Waals surface area contributed by atoms with Gasteiger partial charge in [0, 0.05) is 37.3 Å². The Balaban J connectivity index is 1.90. The van der Waals surface area contributed by atoms with Crippen LogP contribution in [0.4, 0.5) is 5.69 Å². The fourth-order valence-corrected chi connectivity index (χ4v) is 2.90. The number of anilines is 1. The van der Waals surface area contributed by atoms with E-state index in [1.54, 1.807) is 15.9 Å². The molecule has 0 saturated carbocycles. The van der Waals surface area contributed by atoms with E-state index < -0.39 is 0 Å². The Morgan fingerprint density at radius 2 is 1.92 bits per heavy atom. The summed E-state index contributed by atoms with van der Waals surface area (Å²) in [5.41, 5.74) is 1.39. The van der Waals surface area contributed by atoms with E-state index in [1.807, 2.05) is 6.92 Å². The number of halogens is 1. The first-order valence-electron chi connectivity index (χ1n) is 7.90. The summed E-state index contributed by atoms with van der Waals surface area (Å²) in [7, 11) is 0. The molecule has 130 valence electrons. The average Bonchev–Trinajstić information content (AvgIpc) is 2.60. The molecule has 7 heteroatoms. The van der Waals surface area contributed by atoms with Crippen LogP contribution in [-0.4, -0.2) is 59.4 Å². The minimum Gasteiger partial charge on any atom is -0.506 e. The van der Waals surface area contributed by atoms with Crippen molar-refractivity contribution in [3.63, 3.8) is 0 Å². The number of rotatable bonds is 5. The number of amides is 2. The van der Waals surface area contributed by atoms with Gasteiger partial charge in [0.25, 0.3) is 0 Å². The largest absolute Gasteiger partial charge is 0.506 e. The van der Waals surface area contributed by atoms with Crippen LogP contribution in [0, 0.1) is 0 Å². The number of benzene rings is 1. The highest BCUT2D eigenvalue weighted by Gasteiger charge is 2.22. The molecular weight excluding hydrogens is 330 g/mol. The number of aromatic hydroxyl groups is 1. The topological polar surface area (TPSA) is 72.9 Å². The second kappa shape index (κ2) is 8.06. The van der Waals surface area contributed by atoms with Crippen molar-refractivity contribution < 1.29 is 14.7 Å². The van der Waals surface area contributed by atoms with Crippen molar-refractivity contribution in [3.05, 3.63) is 35.4 Å². The van der Waals surface area contributed by atoms with Gasteiger partial charge in [-0.2, -0.15) is 0 Å². The molecule has 0 spiro atoms. The normalized spacial score (nSPS) is 14.4. The molecule has 1 saturated heterocycles. The van der Waals surface area contributed by atoms with Crippen molar-refractivity contribution >= 4 is 29.1 Å². The van der Waals surface area contributed by atoms with Gasteiger partial charge in [0.05, 0.1) is 12.2 Å². The zero-order valence-corrected chi connectivity index (χ0v) is 14.5. The predicted molar refractivity (Wildman–Crippen MR) is 94.3 cm³/mol. The van der Waals surface area contributed by atoms with Crippen LogP contribution >= 0.6 is 11.6 Å². The van der Waals surface area contributed by atoms with E-state index in [-0.39, 0.29) is 24.1 Å². The highest BCUT2D eigenvalue weighted by atomic mass is 35.5. The molecule has 1 aromatic rings. The summed E-state index contributed by atoms with van der Waals surface area (Å²) in [5.74, 6) is -0.169. The minimum atomic E-state index is -0.113. The van der Waals surface area contributed by atoms with Gasteiger partial charge in [0.1, 0.15) is 5.75 Å². The van der Waals surface area contributed by atoms with E-state index in [0.29, 0.717) is 36.9 Å². The first-order valence-corrected chi connectivity index (χ1v) is 8.28. The quantitative estimate of drug-likeness (QED) is 0.627. The van der Waals surface area contributed by atoms with Gasteiger partial charge in [-0.1, -0.05) is 25.1 Å². The molecule has 1 aliphatic heterocycles. The third-order valence-electron chi connectivity index (χ3n) is 4.09. The Morgan fingerprint density at radius 3 is 2.50 bits per heavy atom. The third-order valence-corrected chi connectivity index (χ3v) is 4.45. The molecule has 0 bridgehead atoms. The summed E-state index contributed by atoms with van der Waals surface area (Å²) in [6, 6.07) is 3.23. The minimum absolute atomic E-state index is 0.0198. The molecule has 1 aliphatic rings. The highest BCUT2D eigenvalue weighted by molar-refractivity contribution is 6.31. The number of nitrogens with one attached hydrogen (secondary N) is 1. The van der Waals surface area contributed by atoms with Gasteiger partial charge in [0.15, 0.2) is 0 Å². The van der Waals surface area contributed by atoms with Crippen LogP contribution in [0.3, 0.4) is 0 Å². The number of nitrogens with zero attached hydrogens (tertiary/aromatic N) is 2. The van der Waals surface area contributed by atoms with Crippen LogP contribution in [0.1, 0.15) is 12.5 Å². The standard InChI is InChI=1S/C17H22ClN3O3/c1-3-12-9-14(15(22)10-13(12)18)19-11-17(24)21-7-5-20(6-8-21)16(23)4-2/h4,9-10,19,22H,2-3,5-8,11H2,1H3. The van der Waals surface area contributed by atoms with Crippen LogP contribution in [0.15, 0.2) is 24.8 Å². The van der Waals surface area contributed by atoms with Crippen molar-refractivity contribution in [2.24, 2.45) is 0 Å². The van der Waals surface area contributed by atoms with Gasteiger partial charge in [0.2, 0.25) is 11.8 Å². The molecule has 24 heavy (non-hydrogen) atoms. The molecule has 0 unspecified atom stereocenters. The number of carbonyl (C=O) groups is 2. The van der Waals surface area contributed by atoms with E-state index in [4.69, 9.17) is 11.6 Å². The van der Waals surface area contributed by atoms with Crippen LogP contribution in [0.5, 0.6) is 5.75 Å². The fourth-order valence-electron chi connectivity index (χ4n) is 2.61. The molecule has 1 fully saturated rings. The Hall–Kier alpha value is -2.21. The first-order chi connectivity index (χ1) is 11.5.